The van der Waals surface area contributed by atoms with Crippen molar-refractivity contribution in [3.8, 4) is 0 Å². The van der Waals surface area contributed by atoms with Gasteiger partial charge in [-0.3, -0.25) is 9.59 Å². The average molecular weight is 465 g/mol. The molecule has 6 nitrogen and oxygen atoms in total. The summed E-state index contributed by atoms with van der Waals surface area (Å²) in [5.74, 6) is -1.44. The van der Waals surface area contributed by atoms with Crippen LogP contribution >= 0.6 is 0 Å². The van der Waals surface area contributed by atoms with E-state index in [2.05, 4.69) is 36.3 Å². The third kappa shape index (κ3) is 21.5. The van der Waals surface area contributed by atoms with Crippen LogP contribution in [-0.2, 0) is 14.4 Å². The number of carboxylic acids is 1. The van der Waals surface area contributed by atoms with E-state index < -0.39 is 12.0 Å². The summed E-state index contributed by atoms with van der Waals surface area (Å²) >= 11 is 0. The second kappa shape index (κ2) is 23.1. The normalized spacial score (nSPS) is 11.9. The molecule has 190 valence electrons. The highest BCUT2D eigenvalue weighted by Crippen LogP contribution is 2.10. The van der Waals surface area contributed by atoms with Gasteiger partial charge in [-0.05, 0) is 57.4 Å². The van der Waals surface area contributed by atoms with E-state index >= 15 is 0 Å². The predicted molar refractivity (Wildman–Crippen MR) is 136 cm³/mol. The smallest absolute Gasteiger partial charge is 0.326 e. The number of carbonyl (C=O) groups is 3. The monoisotopic (exact) mass is 464 g/mol. The van der Waals surface area contributed by atoms with E-state index in [1.165, 1.54) is 63.9 Å². The SMILES string of the molecule is C=CC(=O)NCCCC[C@H](NC(=O)CCCCCCC/C=C/CCCCCCCC)C(=O)O. The molecular weight excluding hydrogens is 416 g/mol. The molecule has 0 saturated heterocycles. The van der Waals surface area contributed by atoms with Gasteiger partial charge in [0.1, 0.15) is 6.04 Å². The fourth-order valence-corrected chi connectivity index (χ4v) is 3.64. The summed E-state index contributed by atoms with van der Waals surface area (Å²) in [6.07, 6.45) is 23.5. The number of hydrogen-bond donors (Lipinski definition) is 3. The van der Waals surface area contributed by atoms with Crippen LogP contribution in [0.3, 0.4) is 0 Å². The van der Waals surface area contributed by atoms with Gasteiger partial charge in [-0.15, -0.1) is 0 Å². The van der Waals surface area contributed by atoms with Crippen molar-refractivity contribution >= 4 is 17.8 Å². The maximum Gasteiger partial charge on any atom is 0.326 e. The lowest BCUT2D eigenvalue weighted by Crippen LogP contribution is -2.40. The highest BCUT2D eigenvalue weighted by atomic mass is 16.4. The quantitative estimate of drug-likeness (QED) is 0.0972. The van der Waals surface area contributed by atoms with E-state index in [-0.39, 0.29) is 11.8 Å². The van der Waals surface area contributed by atoms with E-state index in [1.54, 1.807) is 0 Å². The van der Waals surface area contributed by atoms with Crippen LogP contribution in [0.2, 0.25) is 0 Å². The van der Waals surface area contributed by atoms with Crippen molar-refractivity contribution < 1.29 is 19.5 Å². The number of carboxylic acid groups (broad SMARTS) is 1. The third-order valence-electron chi connectivity index (χ3n) is 5.70. The first-order chi connectivity index (χ1) is 16.0. The molecule has 2 amide bonds. The number of hydrogen-bond acceptors (Lipinski definition) is 3. The molecule has 0 aliphatic heterocycles. The van der Waals surface area contributed by atoms with Crippen LogP contribution in [0, 0.1) is 0 Å². The van der Waals surface area contributed by atoms with Gasteiger partial charge < -0.3 is 15.7 Å². The molecule has 1 atom stereocenters. The van der Waals surface area contributed by atoms with Crippen LogP contribution in [0.25, 0.3) is 0 Å². The Bertz CT molecular complexity index is 560. The predicted octanol–water partition coefficient (Wildman–Crippen LogP) is 6.07. The van der Waals surface area contributed by atoms with Crippen LogP contribution in [0.4, 0.5) is 0 Å². The van der Waals surface area contributed by atoms with Gasteiger partial charge in [-0.1, -0.05) is 77.0 Å². The Kier molecular flexibility index (Phi) is 21.6. The Labute approximate surface area is 201 Å². The highest BCUT2D eigenvalue weighted by Gasteiger charge is 2.19. The molecule has 0 heterocycles. The van der Waals surface area contributed by atoms with Gasteiger partial charge in [0.2, 0.25) is 11.8 Å². The van der Waals surface area contributed by atoms with Gasteiger partial charge in [0, 0.05) is 13.0 Å². The second-order valence-corrected chi connectivity index (χ2v) is 8.78. The maximum atomic E-state index is 12.1. The minimum Gasteiger partial charge on any atom is -0.480 e. The number of carbonyl (C=O) groups excluding carboxylic acids is 2. The molecular formula is C27H48N2O4. The second-order valence-electron chi connectivity index (χ2n) is 8.78. The van der Waals surface area contributed by atoms with Crippen molar-refractivity contribution in [3.05, 3.63) is 24.8 Å². The van der Waals surface area contributed by atoms with Crippen LogP contribution in [-0.4, -0.2) is 35.5 Å². The molecule has 0 aromatic rings. The molecule has 0 radical (unpaired) electrons. The molecule has 0 fully saturated rings. The lowest BCUT2D eigenvalue weighted by molar-refractivity contribution is -0.142. The maximum absolute atomic E-state index is 12.1. The Balaban J connectivity index is 3.64. The molecule has 0 rings (SSSR count). The minimum absolute atomic E-state index is 0.194. The molecule has 6 heteroatoms. The van der Waals surface area contributed by atoms with E-state index in [9.17, 15) is 19.5 Å². The van der Waals surface area contributed by atoms with Gasteiger partial charge in [-0.2, -0.15) is 0 Å². The molecule has 0 unspecified atom stereocenters. The lowest BCUT2D eigenvalue weighted by Gasteiger charge is -2.14. The number of unbranched alkanes of at least 4 members (excludes halogenated alkanes) is 12. The average Bonchev–Trinajstić information content (AvgIpc) is 2.80. The third-order valence-corrected chi connectivity index (χ3v) is 5.70. The van der Waals surface area contributed by atoms with Crippen molar-refractivity contribution in [1.82, 2.24) is 10.6 Å². The van der Waals surface area contributed by atoms with Crippen LogP contribution in [0.5, 0.6) is 0 Å². The van der Waals surface area contributed by atoms with Crippen LogP contribution in [0.1, 0.15) is 116 Å². The standard InChI is InChI=1S/C27H48N2O4/c1-3-5-6-7-8-9-10-11-12-13-14-15-16-17-18-22-26(31)29-24(27(32)33)21-19-20-23-28-25(30)4-2/h4,11-12,24H,2-3,5-10,13-23H2,1H3,(H,28,30)(H,29,31)(H,32,33)/b12-11+/t24-/m0/s1. The highest BCUT2D eigenvalue weighted by molar-refractivity contribution is 5.86. The summed E-state index contributed by atoms with van der Waals surface area (Å²) in [5.41, 5.74) is 0. The number of aliphatic carboxylic acids is 1. The zero-order chi connectivity index (χ0) is 24.6. The fourth-order valence-electron chi connectivity index (χ4n) is 3.64. The van der Waals surface area contributed by atoms with Crippen LogP contribution in [0.15, 0.2) is 24.8 Å². The van der Waals surface area contributed by atoms with Crippen molar-refractivity contribution in [3.63, 3.8) is 0 Å². The molecule has 0 aromatic heterocycles. The summed E-state index contributed by atoms with van der Waals surface area (Å²) in [6.45, 7) is 6.09. The topological polar surface area (TPSA) is 95.5 Å². The van der Waals surface area contributed by atoms with Crippen molar-refractivity contribution in [2.24, 2.45) is 0 Å². The number of allylic oxidation sites excluding steroid dienone is 2. The molecule has 33 heavy (non-hydrogen) atoms. The van der Waals surface area contributed by atoms with Gasteiger partial charge in [-0.25, -0.2) is 4.79 Å². The number of amides is 2. The largest absolute Gasteiger partial charge is 0.480 e. The first-order valence-electron chi connectivity index (χ1n) is 13.1. The summed E-state index contributed by atoms with van der Waals surface area (Å²) < 4.78 is 0. The molecule has 0 spiro atoms. The van der Waals surface area contributed by atoms with E-state index in [0.717, 1.165) is 25.7 Å². The zero-order valence-corrected chi connectivity index (χ0v) is 20.9. The Hall–Kier alpha value is -2.11. The minimum atomic E-state index is -1.01. The van der Waals surface area contributed by atoms with Crippen molar-refractivity contribution in [1.29, 1.82) is 0 Å². The van der Waals surface area contributed by atoms with Gasteiger partial charge in [0.15, 0.2) is 0 Å². The van der Waals surface area contributed by atoms with Gasteiger partial charge in [0.05, 0.1) is 0 Å². The molecule has 0 saturated carbocycles. The summed E-state index contributed by atoms with van der Waals surface area (Å²) in [4.78, 5) is 34.5. The molecule has 0 aromatic carbocycles. The lowest BCUT2D eigenvalue weighted by atomic mass is 10.1. The van der Waals surface area contributed by atoms with Crippen molar-refractivity contribution in [2.75, 3.05) is 6.54 Å². The van der Waals surface area contributed by atoms with Gasteiger partial charge in [0.25, 0.3) is 0 Å². The number of nitrogens with one attached hydrogen (secondary N) is 2. The fraction of sp³-hybridized carbons (Fsp3) is 0.741. The molecule has 3 N–H and O–H groups in total. The Morgan fingerprint density at radius 3 is 1.97 bits per heavy atom. The summed E-state index contributed by atoms with van der Waals surface area (Å²) in [7, 11) is 0. The molecule has 0 bridgehead atoms. The molecule has 0 aliphatic carbocycles. The number of rotatable bonds is 23. The summed E-state index contributed by atoms with van der Waals surface area (Å²) in [6, 6.07) is -0.865. The van der Waals surface area contributed by atoms with E-state index in [0.29, 0.717) is 32.2 Å². The Morgan fingerprint density at radius 2 is 1.39 bits per heavy atom. The van der Waals surface area contributed by atoms with Crippen LogP contribution < -0.4 is 10.6 Å². The Morgan fingerprint density at radius 1 is 0.818 bits per heavy atom. The first kappa shape index (κ1) is 30.9. The molecule has 0 aliphatic rings. The van der Waals surface area contributed by atoms with E-state index in [4.69, 9.17) is 0 Å². The van der Waals surface area contributed by atoms with Gasteiger partial charge >= 0.3 is 5.97 Å². The zero-order valence-electron chi connectivity index (χ0n) is 20.9. The van der Waals surface area contributed by atoms with Crippen molar-refractivity contribution in [2.45, 2.75) is 122 Å². The first-order valence-corrected chi connectivity index (χ1v) is 13.1. The van der Waals surface area contributed by atoms with E-state index in [1.807, 2.05) is 0 Å². The summed E-state index contributed by atoms with van der Waals surface area (Å²) in [5, 5.41) is 14.6.